The maximum atomic E-state index is 11.5. The van der Waals surface area contributed by atoms with E-state index in [1.54, 1.807) is 11.4 Å². The van der Waals surface area contributed by atoms with Gasteiger partial charge < -0.3 is 0 Å². The van der Waals surface area contributed by atoms with Crippen molar-refractivity contribution in [3.63, 3.8) is 0 Å². The van der Waals surface area contributed by atoms with E-state index in [4.69, 9.17) is 0 Å². The summed E-state index contributed by atoms with van der Waals surface area (Å²) in [6, 6.07) is 8.23. The molecule has 0 bridgehead atoms. The fourth-order valence-electron chi connectivity index (χ4n) is 1.98. The van der Waals surface area contributed by atoms with Crippen LogP contribution in [0.1, 0.15) is 18.2 Å². The Kier molecular flexibility index (Phi) is 2.67. The van der Waals surface area contributed by atoms with Gasteiger partial charge in [0.1, 0.15) is 5.69 Å². The average molecular weight is 254 g/mol. The molecule has 5 heteroatoms. The van der Waals surface area contributed by atoms with Crippen LogP contribution in [0.25, 0.3) is 17.0 Å². The molecule has 0 aliphatic heterocycles. The third kappa shape index (κ3) is 2.03. The first kappa shape index (κ1) is 11.6. The molecule has 0 saturated carbocycles. The Morgan fingerprint density at radius 1 is 1.26 bits per heavy atom. The number of aryl methyl sites for hydroxylation is 2. The van der Waals surface area contributed by atoms with Crippen molar-refractivity contribution < 1.29 is 0 Å². The Hall–Kier alpha value is -2.43. The van der Waals surface area contributed by atoms with Crippen molar-refractivity contribution >= 4 is 5.78 Å². The molecule has 96 valence electrons. The number of aromatic amines is 1. The zero-order chi connectivity index (χ0) is 13.4. The quantitative estimate of drug-likeness (QED) is 0.760. The van der Waals surface area contributed by atoms with E-state index in [0.29, 0.717) is 11.5 Å². The molecule has 2 heterocycles. The van der Waals surface area contributed by atoms with Crippen LogP contribution < -0.4 is 5.56 Å². The monoisotopic (exact) mass is 254 g/mol. The second-order valence-corrected chi connectivity index (χ2v) is 4.48. The topological polar surface area (TPSA) is 63.1 Å². The Morgan fingerprint density at radius 2 is 2.00 bits per heavy atom. The molecule has 0 fully saturated rings. The first-order valence-corrected chi connectivity index (χ1v) is 6.23. The number of aromatic nitrogens is 4. The van der Waals surface area contributed by atoms with Crippen LogP contribution in [0.3, 0.4) is 0 Å². The highest BCUT2D eigenvalue weighted by molar-refractivity contribution is 5.61. The predicted octanol–water partition coefficient (Wildman–Crippen LogP) is 1.96. The molecule has 3 aromatic rings. The summed E-state index contributed by atoms with van der Waals surface area (Å²) in [5, 5.41) is 4.17. The summed E-state index contributed by atoms with van der Waals surface area (Å²) in [6.45, 7) is 3.80. The van der Waals surface area contributed by atoms with E-state index in [2.05, 4.69) is 34.1 Å². The van der Waals surface area contributed by atoms with Crippen LogP contribution in [0.5, 0.6) is 0 Å². The van der Waals surface area contributed by atoms with Crippen molar-refractivity contribution in [2.75, 3.05) is 0 Å². The summed E-state index contributed by atoms with van der Waals surface area (Å²) in [5.74, 6) is 0.463. The van der Waals surface area contributed by atoms with E-state index in [0.717, 1.165) is 17.7 Å². The minimum Gasteiger partial charge on any atom is -0.289 e. The second kappa shape index (κ2) is 4.35. The van der Waals surface area contributed by atoms with Gasteiger partial charge in [-0.2, -0.15) is 5.10 Å². The van der Waals surface area contributed by atoms with Crippen LogP contribution in [0.15, 0.2) is 35.3 Å². The zero-order valence-electron chi connectivity index (χ0n) is 10.8. The first-order chi connectivity index (χ1) is 9.17. The molecule has 5 nitrogen and oxygen atoms in total. The van der Waals surface area contributed by atoms with Crippen molar-refractivity contribution in [1.29, 1.82) is 0 Å². The second-order valence-electron chi connectivity index (χ2n) is 4.48. The first-order valence-electron chi connectivity index (χ1n) is 6.23. The van der Waals surface area contributed by atoms with Crippen molar-refractivity contribution in [2.24, 2.45) is 0 Å². The van der Waals surface area contributed by atoms with Crippen LogP contribution in [0, 0.1) is 6.92 Å². The number of hydrogen-bond acceptors (Lipinski definition) is 3. The minimum absolute atomic E-state index is 0.203. The number of nitrogens with one attached hydrogen (secondary N) is 1. The summed E-state index contributed by atoms with van der Waals surface area (Å²) >= 11 is 0. The van der Waals surface area contributed by atoms with Gasteiger partial charge in [0, 0.05) is 5.56 Å². The molecule has 1 aromatic carbocycles. The zero-order valence-corrected chi connectivity index (χ0v) is 10.8. The molecule has 0 spiro atoms. The van der Waals surface area contributed by atoms with Gasteiger partial charge in [-0.05, 0) is 18.9 Å². The van der Waals surface area contributed by atoms with Gasteiger partial charge >= 0.3 is 0 Å². The highest BCUT2D eigenvalue weighted by Crippen LogP contribution is 2.18. The predicted molar refractivity (Wildman–Crippen MR) is 73.2 cm³/mol. The summed E-state index contributed by atoms with van der Waals surface area (Å²) < 4.78 is 1.60. The molecular weight excluding hydrogens is 240 g/mol. The molecule has 0 amide bonds. The fourth-order valence-corrected chi connectivity index (χ4v) is 1.98. The van der Waals surface area contributed by atoms with E-state index >= 15 is 0 Å². The SMILES string of the molecule is CCc1ccc(-c2cn3nc(C)c(=O)[nH]c3n2)cc1. The van der Waals surface area contributed by atoms with E-state index in [-0.39, 0.29) is 5.56 Å². The van der Waals surface area contributed by atoms with Crippen molar-refractivity contribution in [1.82, 2.24) is 19.6 Å². The maximum absolute atomic E-state index is 11.5. The van der Waals surface area contributed by atoms with E-state index in [9.17, 15) is 4.79 Å². The lowest BCUT2D eigenvalue weighted by Crippen LogP contribution is -2.14. The highest BCUT2D eigenvalue weighted by Gasteiger charge is 2.07. The molecule has 0 radical (unpaired) electrons. The van der Waals surface area contributed by atoms with Crippen LogP contribution in [-0.2, 0) is 6.42 Å². The molecule has 1 N–H and O–H groups in total. The van der Waals surface area contributed by atoms with Crippen LogP contribution >= 0.6 is 0 Å². The van der Waals surface area contributed by atoms with E-state index in [1.807, 2.05) is 18.3 Å². The lowest BCUT2D eigenvalue weighted by atomic mass is 10.1. The van der Waals surface area contributed by atoms with E-state index in [1.165, 1.54) is 5.56 Å². The average Bonchev–Trinajstić information content (AvgIpc) is 2.82. The standard InChI is InChI=1S/C14H14N4O/c1-3-10-4-6-11(7-5-10)12-8-18-14(15-12)16-13(19)9(2)17-18/h4-8H,3H2,1-2H3,(H,15,16,19). The molecule has 2 aromatic heterocycles. The van der Waals surface area contributed by atoms with Crippen molar-refractivity contribution in [3.05, 3.63) is 52.1 Å². The molecule has 0 aliphatic rings. The molecule has 0 aliphatic carbocycles. The van der Waals surface area contributed by atoms with Crippen LogP contribution in [-0.4, -0.2) is 19.6 Å². The van der Waals surface area contributed by atoms with Crippen molar-refractivity contribution in [3.8, 4) is 11.3 Å². The summed E-state index contributed by atoms with van der Waals surface area (Å²) in [4.78, 5) is 18.6. The Morgan fingerprint density at radius 3 is 2.68 bits per heavy atom. The normalized spacial score (nSPS) is 11.1. The Labute approximate surface area is 109 Å². The minimum atomic E-state index is -0.203. The summed E-state index contributed by atoms with van der Waals surface area (Å²) in [6.07, 6.45) is 2.83. The lowest BCUT2D eigenvalue weighted by Gasteiger charge is -1.98. The number of imidazole rings is 1. The van der Waals surface area contributed by atoms with Gasteiger partial charge in [-0.25, -0.2) is 9.50 Å². The van der Waals surface area contributed by atoms with E-state index < -0.39 is 0 Å². The van der Waals surface area contributed by atoms with Gasteiger partial charge in [0.15, 0.2) is 0 Å². The third-order valence-electron chi connectivity index (χ3n) is 3.16. The Balaban J connectivity index is 2.11. The third-order valence-corrected chi connectivity index (χ3v) is 3.16. The highest BCUT2D eigenvalue weighted by atomic mass is 16.1. The summed E-state index contributed by atoms with van der Waals surface area (Å²) in [5.41, 5.74) is 3.33. The van der Waals surface area contributed by atoms with Crippen LogP contribution in [0.4, 0.5) is 0 Å². The molecule has 0 atom stereocenters. The molecule has 0 unspecified atom stereocenters. The fraction of sp³-hybridized carbons (Fsp3) is 0.214. The largest absolute Gasteiger partial charge is 0.289 e. The van der Waals surface area contributed by atoms with Crippen molar-refractivity contribution in [2.45, 2.75) is 20.3 Å². The molecule has 19 heavy (non-hydrogen) atoms. The Bertz CT molecular complexity index is 783. The van der Waals surface area contributed by atoms with Gasteiger partial charge in [0.2, 0.25) is 5.78 Å². The summed E-state index contributed by atoms with van der Waals surface area (Å²) in [7, 11) is 0. The van der Waals surface area contributed by atoms with Gasteiger partial charge in [0.05, 0.1) is 11.9 Å². The van der Waals surface area contributed by atoms with Gasteiger partial charge in [-0.15, -0.1) is 0 Å². The number of rotatable bonds is 2. The maximum Gasteiger partial charge on any atom is 0.273 e. The van der Waals surface area contributed by atoms with Crippen LogP contribution in [0.2, 0.25) is 0 Å². The molecular formula is C14H14N4O. The van der Waals surface area contributed by atoms with Gasteiger partial charge in [0.25, 0.3) is 5.56 Å². The van der Waals surface area contributed by atoms with Gasteiger partial charge in [-0.1, -0.05) is 31.2 Å². The lowest BCUT2D eigenvalue weighted by molar-refractivity contribution is 0.850. The number of H-pyrrole nitrogens is 1. The number of hydrogen-bond donors (Lipinski definition) is 1. The number of fused-ring (bicyclic) bond motifs is 1. The number of nitrogens with zero attached hydrogens (tertiary/aromatic N) is 3. The van der Waals surface area contributed by atoms with Gasteiger partial charge in [-0.3, -0.25) is 9.78 Å². The molecule has 3 rings (SSSR count). The number of benzene rings is 1. The molecule has 0 saturated heterocycles. The smallest absolute Gasteiger partial charge is 0.273 e.